The van der Waals surface area contributed by atoms with Crippen LogP contribution >= 0.6 is 12.4 Å². The third-order valence-corrected chi connectivity index (χ3v) is 2.39. The first-order valence-corrected chi connectivity index (χ1v) is 5.03. The second-order valence-electron chi connectivity index (χ2n) is 3.65. The zero-order chi connectivity index (χ0) is 11.3. The van der Waals surface area contributed by atoms with Gasteiger partial charge in [-0.1, -0.05) is 18.1 Å². The summed E-state index contributed by atoms with van der Waals surface area (Å²) in [5, 5.41) is 0. The highest BCUT2D eigenvalue weighted by molar-refractivity contribution is 5.85. The van der Waals surface area contributed by atoms with Crippen molar-refractivity contribution in [2.24, 2.45) is 0 Å². The maximum Gasteiger partial charge on any atom is 0.123 e. The molecule has 0 N–H and O–H groups in total. The molecule has 0 bridgehead atoms. The van der Waals surface area contributed by atoms with Gasteiger partial charge in [0.2, 0.25) is 0 Å². The Balaban J connectivity index is 0.00000225. The minimum Gasteiger partial charge on any atom is -0.333 e. The van der Waals surface area contributed by atoms with E-state index in [1.165, 1.54) is 12.1 Å². The Morgan fingerprint density at radius 1 is 1.31 bits per heavy atom. The number of rotatable bonds is 3. The molecule has 0 spiro atoms. The van der Waals surface area contributed by atoms with Gasteiger partial charge < -0.3 is 4.90 Å². The SMILES string of the molecule is CC#CN(C)C(C)Cc1ccc(F)cc1.Cl. The Morgan fingerprint density at radius 2 is 1.88 bits per heavy atom. The summed E-state index contributed by atoms with van der Waals surface area (Å²) in [6, 6.07) is 9.95. The highest BCUT2D eigenvalue weighted by Gasteiger charge is 2.06. The van der Waals surface area contributed by atoms with Gasteiger partial charge in [0, 0.05) is 19.1 Å². The highest BCUT2D eigenvalue weighted by atomic mass is 35.5. The van der Waals surface area contributed by atoms with Gasteiger partial charge in [0.05, 0.1) is 0 Å². The van der Waals surface area contributed by atoms with Crippen molar-refractivity contribution in [1.82, 2.24) is 4.90 Å². The van der Waals surface area contributed by atoms with Crippen LogP contribution in [0.25, 0.3) is 0 Å². The third kappa shape index (κ3) is 4.55. The van der Waals surface area contributed by atoms with Crippen molar-refractivity contribution in [1.29, 1.82) is 0 Å². The van der Waals surface area contributed by atoms with Crippen LogP contribution < -0.4 is 0 Å². The number of benzene rings is 1. The Kier molecular flexibility index (Phi) is 6.60. The zero-order valence-corrected chi connectivity index (χ0v) is 10.6. The lowest BCUT2D eigenvalue weighted by molar-refractivity contribution is 0.370. The molecule has 0 saturated heterocycles. The third-order valence-electron chi connectivity index (χ3n) is 2.39. The minimum absolute atomic E-state index is 0. The first-order chi connectivity index (χ1) is 7.13. The van der Waals surface area contributed by atoms with Crippen LogP contribution in [0.15, 0.2) is 24.3 Å². The van der Waals surface area contributed by atoms with Crippen LogP contribution in [0, 0.1) is 17.8 Å². The molecule has 1 unspecified atom stereocenters. The molecular weight excluding hydrogens is 225 g/mol. The standard InChI is InChI=1S/C13H16FN.ClH/c1-4-9-15(3)11(2)10-12-5-7-13(14)8-6-12;/h5-8,11H,10H2,1-3H3;1H. The maximum absolute atomic E-state index is 12.7. The zero-order valence-electron chi connectivity index (χ0n) is 9.83. The molecular formula is C13H17ClFN. The number of likely N-dealkylation sites (N-methyl/N-ethyl adjacent to an activating group) is 1. The average molecular weight is 242 g/mol. The first-order valence-electron chi connectivity index (χ1n) is 5.03. The predicted octanol–water partition coefficient (Wildman–Crippen LogP) is 3.09. The fourth-order valence-corrected chi connectivity index (χ4v) is 1.39. The Hall–Kier alpha value is -1.20. The van der Waals surface area contributed by atoms with Gasteiger partial charge in [0.25, 0.3) is 0 Å². The maximum atomic E-state index is 12.7. The van der Waals surface area contributed by atoms with Gasteiger partial charge in [-0.25, -0.2) is 4.39 Å². The van der Waals surface area contributed by atoms with E-state index in [0.717, 1.165) is 12.0 Å². The van der Waals surface area contributed by atoms with Gasteiger partial charge in [0.15, 0.2) is 0 Å². The summed E-state index contributed by atoms with van der Waals surface area (Å²) in [4.78, 5) is 1.98. The van der Waals surface area contributed by atoms with E-state index in [1.807, 2.05) is 31.0 Å². The van der Waals surface area contributed by atoms with E-state index >= 15 is 0 Å². The van der Waals surface area contributed by atoms with Gasteiger partial charge >= 0.3 is 0 Å². The Morgan fingerprint density at radius 3 is 2.38 bits per heavy atom. The van der Waals surface area contributed by atoms with Crippen molar-refractivity contribution in [3.63, 3.8) is 0 Å². The van der Waals surface area contributed by atoms with Crippen molar-refractivity contribution < 1.29 is 4.39 Å². The second-order valence-corrected chi connectivity index (χ2v) is 3.65. The molecule has 0 aliphatic carbocycles. The van der Waals surface area contributed by atoms with Crippen LogP contribution in [-0.4, -0.2) is 18.0 Å². The molecule has 1 rings (SSSR count). The molecule has 0 saturated carbocycles. The molecule has 0 aromatic heterocycles. The Bertz CT molecular complexity index is 364. The summed E-state index contributed by atoms with van der Waals surface area (Å²) in [6.45, 7) is 3.93. The van der Waals surface area contributed by atoms with Crippen LogP contribution in [0.3, 0.4) is 0 Å². The molecule has 0 aliphatic heterocycles. The molecule has 1 nitrogen and oxygen atoms in total. The minimum atomic E-state index is -0.187. The van der Waals surface area contributed by atoms with Crippen molar-refractivity contribution in [3.8, 4) is 12.0 Å². The monoisotopic (exact) mass is 241 g/mol. The predicted molar refractivity (Wildman–Crippen MR) is 68.0 cm³/mol. The smallest absolute Gasteiger partial charge is 0.123 e. The number of nitrogens with zero attached hydrogens (tertiary/aromatic N) is 1. The van der Waals surface area contributed by atoms with E-state index < -0.39 is 0 Å². The van der Waals surface area contributed by atoms with E-state index in [2.05, 4.69) is 18.9 Å². The lowest BCUT2D eigenvalue weighted by Gasteiger charge is -2.20. The van der Waals surface area contributed by atoms with Crippen LogP contribution in [0.2, 0.25) is 0 Å². The second kappa shape index (κ2) is 7.14. The largest absolute Gasteiger partial charge is 0.333 e. The van der Waals surface area contributed by atoms with Crippen molar-refractivity contribution in [3.05, 3.63) is 35.6 Å². The molecule has 3 heteroatoms. The normalized spacial score (nSPS) is 10.8. The molecule has 1 aromatic carbocycles. The van der Waals surface area contributed by atoms with E-state index in [4.69, 9.17) is 0 Å². The van der Waals surface area contributed by atoms with Crippen molar-refractivity contribution >= 4 is 12.4 Å². The van der Waals surface area contributed by atoms with E-state index in [1.54, 1.807) is 0 Å². The fourth-order valence-electron chi connectivity index (χ4n) is 1.39. The molecule has 0 amide bonds. The molecule has 1 aromatic rings. The van der Waals surface area contributed by atoms with Crippen LogP contribution in [0.5, 0.6) is 0 Å². The fraction of sp³-hybridized carbons (Fsp3) is 0.385. The van der Waals surface area contributed by atoms with Crippen LogP contribution in [0.4, 0.5) is 4.39 Å². The van der Waals surface area contributed by atoms with Crippen molar-refractivity contribution in [2.75, 3.05) is 7.05 Å². The number of halogens is 2. The van der Waals surface area contributed by atoms with E-state index in [-0.39, 0.29) is 18.2 Å². The molecule has 0 fully saturated rings. The van der Waals surface area contributed by atoms with Gasteiger partial charge in [-0.2, -0.15) is 0 Å². The van der Waals surface area contributed by atoms with Crippen LogP contribution in [-0.2, 0) is 6.42 Å². The molecule has 88 valence electrons. The highest BCUT2D eigenvalue weighted by Crippen LogP contribution is 2.08. The van der Waals surface area contributed by atoms with Crippen molar-refractivity contribution in [2.45, 2.75) is 26.3 Å². The first kappa shape index (κ1) is 14.8. The number of hydrogen-bond donors (Lipinski definition) is 0. The average Bonchev–Trinajstić information content (AvgIpc) is 2.22. The molecule has 1 atom stereocenters. The molecule has 0 radical (unpaired) electrons. The van der Waals surface area contributed by atoms with Gasteiger partial charge in [-0.3, -0.25) is 0 Å². The van der Waals surface area contributed by atoms with E-state index in [0.29, 0.717) is 6.04 Å². The summed E-state index contributed by atoms with van der Waals surface area (Å²) in [7, 11) is 1.96. The molecule has 16 heavy (non-hydrogen) atoms. The van der Waals surface area contributed by atoms with Gasteiger partial charge in [-0.05, 0) is 38.0 Å². The lowest BCUT2D eigenvalue weighted by Crippen LogP contribution is -2.26. The number of hydrogen-bond acceptors (Lipinski definition) is 1. The quantitative estimate of drug-likeness (QED) is 0.581. The summed E-state index contributed by atoms with van der Waals surface area (Å²) in [6.07, 6.45) is 0.880. The summed E-state index contributed by atoms with van der Waals surface area (Å²) in [5.74, 6) is 2.67. The summed E-state index contributed by atoms with van der Waals surface area (Å²) in [5.41, 5.74) is 1.13. The Labute approximate surface area is 103 Å². The van der Waals surface area contributed by atoms with E-state index in [9.17, 15) is 4.39 Å². The molecule has 0 aliphatic rings. The molecule has 0 heterocycles. The summed E-state index contributed by atoms with van der Waals surface area (Å²) >= 11 is 0. The van der Waals surface area contributed by atoms with Gasteiger partial charge in [-0.15, -0.1) is 12.4 Å². The lowest BCUT2D eigenvalue weighted by atomic mass is 10.1. The van der Waals surface area contributed by atoms with Gasteiger partial charge in [0.1, 0.15) is 5.82 Å². The topological polar surface area (TPSA) is 3.24 Å². The van der Waals surface area contributed by atoms with Crippen LogP contribution in [0.1, 0.15) is 19.4 Å². The summed E-state index contributed by atoms with van der Waals surface area (Å²) < 4.78 is 12.7.